The lowest BCUT2D eigenvalue weighted by Gasteiger charge is -2.16. The Bertz CT molecular complexity index is 294. The normalized spacial score (nSPS) is 13.4. The molecule has 0 aliphatic carbocycles. The molecule has 0 aromatic carbocycles. The third-order valence-corrected chi connectivity index (χ3v) is 2.72. The zero-order chi connectivity index (χ0) is 10.0. The van der Waals surface area contributed by atoms with E-state index in [0.29, 0.717) is 11.8 Å². The van der Waals surface area contributed by atoms with E-state index in [-0.39, 0.29) is 0 Å². The van der Waals surface area contributed by atoms with E-state index in [1.54, 1.807) is 6.20 Å². The lowest BCUT2D eigenvalue weighted by atomic mass is 9.92. The van der Waals surface area contributed by atoms with E-state index >= 15 is 0 Å². The van der Waals surface area contributed by atoms with E-state index in [4.69, 9.17) is 11.6 Å². The van der Waals surface area contributed by atoms with E-state index < -0.39 is 0 Å². The molecule has 2 heteroatoms. The molecule has 0 bridgehead atoms. The Kier molecular flexibility index (Phi) is 3.32. The van der Waals surface area contributed by atoms with Crippen molar-refractivity contribution in [1.29, 1.82) is 0 Å². The van der Waals surface area contributed by atoms with Gasteiger partial charge in [-0.1, -0.05) is 32.4 Å². The molecule has 1 rings (SSSR count). The Morgan fingerprint density at radius 1 is 1.31 bits per heavy atom. The second kappa shape index (κ2) is 4.10. The van der Waals surface area contributed by atoms with Crippen molar-refractivity contribution in [2.24, 2.45) is 5.92 Å². The third kappa shape index (κ3) is 2.44. The molecule has 0 spiro atoms. The van der Waals surface area contributed by atoms with Crippen LogP contribution in [0.25, 0.3) is 0 Å². The van der Waals surface area contributed by atoms with Gasteiger partial charge in [0.1, 0.15) is 0 Å². The maximum atomic E-state index is 5.84. The fraction of sp³-hybridized carbons (Fsp3) is 0.545. The van der Waals surface area contributed by atoms with Gasteiger partial charge < -0.3 is 0 Å². The predicted molar refractivity (Wildman–Crippen MR) is 57.2 cm³/mol. The van der Waals surface area contributed by atoms with Gasteiger partial charge in [-0.2, -0.15) is 0 Å². The minimum atomic E-state index is 0.497. The Balaban J connectivity index is 3.01. The van der Waals surface area contributed by atoms with Crippen LogP contribution in [0.4, 0.5) is 0 Å². The largest absolute Gasteiger partial charge is 0.259 e. The molecule has 0 saturated heterocycles. The zero-order valence-electron chi connectivity index (χ0n) is 8.63. The quantitative estimate of drug-likeness (QED) is 0.703. The Hall–Kier alpha value is -0.560. The lowest BCUT2D eigenvalue weighted by molar-refractivity contribution is 0.521. The van der Waals surface area contributed by atoms with Gasteiger partial charge in [0.15, 0.2) is 0 Å². The van der Waals surface area contributed by atoms with Crippen LogP contribution in [0.3, 0.4) is 0 Å². The highest BCUT2D eigenvalue weighted by Crippen LogP contribution is 2.25. The molecule has 1 atom stereocenters. The van der Waals surface area contributed by atoms with Gasteiger partial charge in [-0.15, -0.1) is 0 Å². The molecule has 1 heterocycles. The molecule has 72 valence electrons. The van der Waals surface area contributed by atoms with Crippen molar-refractivity contribution in [2.75, 3.05) is 0 Å². The van der Waals surface area contributed by atoms with Gasteiger partial charge in [0.25, 0.3) is 0 Å². The van der Waals surface area contributed by atoms with Crippen molar-refractivity contribution in [3.63, 3.8) is 0 Å². The number of aromatic nitrogens is 1. The van der Waals surface area contributed by atoms with Crippen LogP contribution < -0.4 is 0 Å². The number of nitrogens with zero attached hydrogens (tertiary/aromatic N) is 1. The standard InChI is InChI=1S/C11H16ClN/c1-7(2)9(4)11-8(3)5-10(12)6-13-11/h5-7,9H,1-4H3/t9-/m1/s1. The first-order valence-corrected chi connectivity index (χ1v) is 5.02. The van der Waals surface area contributed by atoms with Crippen molar-refractivity contribution in [2.45, 2.75) is 33.6 Å². The van der Waals surface area contributed by atoms with Crippen LogP contribution in [-0.2, 0) is 0 Å². The van der Waals surface area contributed by atoms with Crippen LogP contribution in [0.2, 0.25) is 5.02 Å². The van der Waals surface area contributed by atoms with Gasteiger partial charge in [0.05, 0.1) is 5.02 Å². The molecule has 0 saturated carbocycles. The van der Waals surface area contributed by atoms with E-state index in [1.807, 2.05) is 6.07 Å². The van der Waals surface area contributed by atoms with E-state index in [0.717, 1.165) is 5.02 Å². The number of rotatable bonds is 2. The molecular weight excluding hydrogens is 182 g/mol. The molecule has 0 fully saturated rings. The van der Waals surface area contributed by atoms with E-state index in [9.17, 15) is 0 Å². The number of hydrogen-bond donors (Lipinski definition) is 0. The van der Waals surface area contributed by atoms with Crippen LogP contribution in [0.1, 0.15) is 37.9 Å². The molecule has 0 N–H and O–H groups in total. The van der Waals surface area contributed by atoms with Gasteiger partial charge in [0, 0.05) is 17.8 Å². The highest BCUT2D eigenvalue weighted by molar-refractivity contribution is 6.30. The number of aryl methyl sites for hydroxylation is 1. The Morgan fingerprint density at radius 3 is 2.38 bits per heavy atom. The highest BCUT2D eigenvalue weighted by atomic mass is 35.5. The second-order valence-corrected chi connectivity index (χ2v) is 4.32. The van der Waals surface area contributed by atoms with Gasteiger partial charge in [-0.25, -0.2) is 0 Å². The fourth-order valence-electron chi connectivity index (χ4n) is 1.34. The van der Waals surface area contributed by atoms with Crippen molar-refractivity contribution in [3.05, 3.63) is 28.5 Å². The maximum absolute atomic E-state index is 5.84. The molecular formula is C11H16ClN. The smallest absolute Gasteiger partial charge is 0.0592 e. The predicted octanol–water partition coefficient (Wildman–Crippen LogP) is 3.80. The van der Waals surface area contributed by atoms with Crippen molar-refractivity contribution in [1.82, 2.24) is 4.98 Å². The summed E-state index contributed by atoms with van der Waals surface area (Å²) >= 11 is 5.84. The van der Waals surface area contributed by atoms with Gasteiger partial charge in [-0.3, -0.25) is 4.98 Å². The lowest BCUT2D eigenvalue weighted by Crippen LogP contribution is -2.06. The minimum Gasteiger partial charge on any atom is -0.259 e. The SMILES string of the molecule is Cc1cc(Cl)cnc1[C@H](C)C(C)C. The fourth-order valence-corrected chi connectivity index (χ4v) is 1.56. The van der Waals surface area contributed by atoms with Gasteiger partial charge in [0.2, 0.25) is 0 Å². The summed E-state index contributed by atoms with van der Waals surface area (Å²) < 4.78 is 0. The number of hydrogen-bond acceptors (Lipinski definition) is 1. The molecule has 0 radical (unpaired) electrons. The Labute approximate surface area is 85.1 Å². The van der Waals surface area contributed by atoms with Crippen LogP contribution in [0.15, 0.2) is 12.3 Å². The Morgan fingerprint density at radius 2 is 1.92 bits per heavy atom. The van der Waals surface area contributed by atoms with Crippen molar-refractivity contribution < 1.29 is 0 Å². The van der Waals surface area contributed by atoms with Crippen LogP contribution >= 0.6 is 11.6 Å². The van der Waals surface area contributed by atoms with Gasteiger partial charge >= 0.3 is 0 Å². The first-order valence-electron chi connectivity index (χ1n) is 4.64. The van der Waals surface area contributed by atoms with Crippen molar-refractivity contribution in [3.8, 4) is 0 Å². The molecule has 1 aromatic heterocycles. The summed E-state index contributed by atoms with van der Waals surface area (Å²) in [6.45, 7) is 8.68. The molecule has 0 aliphatic heterocycles. The summed E-state index contributed by atoms with van der Waals surface area (Å²) in [6.07, 6.45) is 1.72. The van der Waals surface area contributed by atoms with E-state index in [2.05, 4.69) is 32.7 Å². The highest BCUT2D eigenvalue weighted by Gasteiger charge is 2.13. The second-order valence-electron chi connectivity index (χ2n) is 3.89. The summed E-state index contributed by atoms with van der Waals surface area (Å²) in [5.41, 5.74) is 2.35. The average Bonchev–Trinajstić information content (AvgIpc) is 2.03. The monoisotopic (exact) mass is 197 g/mol. The third-order valence-electron chi connectivity index (χ3n) is 2.52. The molecule has 0 unspecified atom stereocenters. The van der Waals surface area contributed by atoms with Crippen LogP contribution in [-0.4, -0.2) is 4.98 Å². The summed E-state index contributed by atoms with van der Waals surface area (Å²) in [6, 6.07) is 1.97. The number of halogens is 1. The molecule has 1 aromatic rings. The van der Waals surface area contributed by atoms with Crippen LogP contribution in [0.5, 0.6) is 0 Å². The first kappa shape index (κ1) is 10.5. The van der Waals surface area contributed by atoms with Crippen LogP contribution in [0, 0.1) is 12.8 Å². The summed E-state index contributed by atoms with van der Waals surface area (Å²) in [5, 5.41) is 0.720. The first-order chi connectivity index (χ1) is 6.02. The summed E-state index contributed by atoms with van der Waals surface area (Å²) in [7, 11) is 0. The minimum absolute atomic E-state index is 0.497. The molecule has 0 aliphatic rings. The van der Waals surface area contributed by atoms with E-state index in [1.165, 1.54) is 11.3 Å². The summed E-state index contributed by atoms with van der Waals surface area (Å²) in [4.78, 5) is 4.37. The van der Waals surface area contributed by atoms with Gasteiger partial charge in [-0.05, 0) is 24.5 Å². The summed E-state index contributed by atoms with van der Waals surface area (Å²) in [5.74, 6) is 1.12. The molecule has 1 nitrogen and oxygen atoms in total. The molecule has 13 heavy (non-hydrogen) atoms. The van der Waals surface area contributed by atoms with Crippen molar-refractivity contribution >= 4 is 11.6 Å². The number of pyridine rings is 1. The topological polar surface area (TPSA) is 12.9 Å². The maximum Gasteiger partial charge on any atom is 0.0592 e. The average molecular weight is 198 g/mol. The zero-order valence-corrected chi connectivity index (χ0v) is 9.39. The molecule has 0 amide bonds.